The Morgan fingerprint density at radius 1 is 1.09 bits per heavy atom. The number of carbonyl (C=O) groups excluding carboxylic acids is 2. The van der Waals surface area contributed by atoms with E-state index in [1.165, 1.54) is 11.0 Å². The fourth-order valence-electron chi connectivity index (χ4n) is 4.46. The van der Waals surface area contributed by atoms with Crippen molar-refractivity contribution < 1.29 is 18.4 Å². The second-order valence-corrected chi connectivity index (χ2v) is 9.65. The zero-order chi connectivity index (χ0) is 24.5. The highest BCUT2D eigenvalue weighted by Gasteiger charge is 2.46. The van der Waals surface area contributed by atoms with Crippen molar-refractivity contribution in [1.82, 2.24) is 10.2 Å². The van der Waals surface area contributed by atoms with Crippen LogP contribution in [0.5, 0.6) is 0 Å². The van der Waals surface area contributed by atoms with Gasteiger partial charge >= 0.3 is 0 Å². The van der Waals surface area contributed by atoms with Gasteiger partial charge in [-0.1, -0.05) is 51.1 Å². The number of fused-ring (bicyclic) bond motifs is 1. The Labute approximate surface area is 205 Å². The first-order valence-electron chi connectivity index (χ1n) is 11.0. The lowest BCUT2D eigenvalue weighted by Crippen LogP contribution is -2.56. The standard InChI is InChI=1S/C25H32F2N4O2.ClH/c1-14(29-5)20(28)19(25(2,3)4)24(33)31-13-15-9-6-7-10-16(15)22(31)23(32)30-21-17(26)11-8-12-18(21)27;/h6-12,14,19-20,22,29H,13,28H2,1-5H3,(H,30,32);1H/t14-,19-,20?,22-;/m0./s1. The van der Waals surface area contributed by atoms with Gasteiger partial charge in [0.05, 0.1) is 5.92 Å². The number of benzene rings is 2. The lowest BCUT2D eigenvalue weighted by molar-refractivity contribution is -0.146. The van der Waals surface area contributed by atoms with Crippen molar-refractivity contribution in [1.29, 1.82) is 0 Å². The molecule has 6 nitrogen and oxygen atoms in total. The topological polar surface area (TPSA) is 87.5 Å². The number of rotatable bonds is 6. The maximum absolute atomic E-state index is 14.2. The first-order valence-corrected chi connectivity index (χ1v) is 11.0. The molecule has 3 rings (SSSR count). The second kappa shape index (κ2) is 10.8. The Balaban J connectivity index is 0.00000408. The summed E-state index contributed by atoms with van der Waals surface area (Å²) >= 11 is 0. The maximum Gasteiger partial charge on any atom is 0.252 e. The number of halogens is 3. The van der Waals surface area contributed by atoms with Crippen LogP contribution < -0.4 is 16.4 Å². The van der Waals surface area contributed by atoms with Crippen LogP contribution in [0.15, 0.2) is 42.5 Å². The molecule has 1 aliphatic heterocycles. The lowest BCUT2D eigenvalue weighted by atomic mass is 9.73. The van der Waals surface area contributed by atoms with Gasteiger partial charge in [-0.3, -0.25) is 9.59 Å². The fourth-order valence-corrected chi connectivity index (χ4v) is 4.46. The highest BCUT2D eigenvalue weighted by Crippen LogP contribution is 2.39. The molecule has 0 saturated heterocycles. The quantitative estimate of drug-likeness (QED) is 0.566. The monoisotopic (exact) mass is 494 g/mol. The van der Waals surface area contributed by atoms with E-state index in [0.29, 0.717) is 5.56 Å². The van der Waals surface area contributed by atoms with Crippen LogP contribution in [0.2, 0.25) is 0 Å². The van der Waals surface area contributed by atoms with Crippen LogP contribution in [0.25, 0.3) is 0 Å². The summed E-state index contributed by atoms with van der Waals surface area (Å²) in [7, 11) is 1.78. The van der Waals surface area contributed by atoms with Gasteiger partial charge in [0.1, 0.15) is 23.4 Å². The van der Waals surface area contributed by atoms with E-state index in [0.717, 1.165) is 17.7 Å². The van der Waals surface area contributed by atoms with Gasteiger partial charge in [-0.25, -0.2) is 8.78 Å². The number of nitrogens with zero attached hydrogens (tertiary/aromatic N) is 1. The number of anilines is 1. The third-order valence-electron chi connectivity index (χ3n) is 6.36. The van der Waals surface area contributed by atoms with E-state index >= 15 is 0 Å². The molecule has 0 aromatic heterocycles. The van der Waals surface area contributed by atoms with Crippen molar-refractivity contribution >= 4 is 29.9 Å². The van der Waals surface area contributed by atoms with Crippen LogP contribution in [0, 0.1) is 23.0 Å². The second-order valence-electron chi connectivity index (χ2n) is 9.65. The predicted molar refractivity (Wildman–Crippen MR) is 131 cm³/mol. The molecule has 4 atom stereocenters. The molecule has 0 fully saturated rings. The molecule has 1 unspecified atom stereocenters. The van der Waals surface area contributed by atoms with Gasteiger partial charge in [-0.2, -0.15) is 0 Å². The zero-order valence-electron chi connectivity index (χ0n) is 20.1. The predicted octanol–water partition coefficient (Wildman–Crippen LogP) is 4.01. The Bertz CT molecular complexity index is 1020. The van der Waals surface area contributed by atoms with E-state index in [-0.39, 0.29) is 30.9 Å². The third-order valence-corrected chi connectivity index (χ3v) is 6.36. The van der Waals surface area contributed by atoms with E-state index in [4.69, 9.17) is 5.73 Å². The van der Waals surface area contributed by atoms with Crippen molar-refractivity contribution in [2.75, 3.05) is 12.4 Å². The third kappa shape index (κ3) is 5.40. The van der Waals surface area contributed by atoms with Gasteiger partial charge in [-0.15, -0.1) is 12.4 Å². The zero-order valence-corrected chi connectivity index (χ0v) is 20.9. The SMILES string of the molecule is CN[C@@H](C)C(N)[C@@H](C(=O)N1Cc2ccccc2[C@H]1C(=O)Nc1c(F)cccc1F)C(C)(C)C.Cl. The molecule has 1 aliphatic rings. The summed E-state index contributed by atoms with van der Waals surface area (Å²) in [5.74, 6) is -3.33. The molecule has 1 heterocycles. The van der Waals surface area contributed by atoms with Gasteiger partial charge in [-0.05, 0) is 42.6 Å². The smallest absolute Gasteiger partial charge is 0.252 e. The number of para-hydroxylation sites is 1. The van der Waals surface area contributed by atoms with Gasteiger partial charge in [0, 0.05) is 18.6 Å². The molecule has 2 aromatic carbocycles. The maximum atomic E-state index is 14.2. The van der Waals surface area contributed by atoms with E-state index in [1.54, 1.807) is 19.2 Å². The van der Waals surface area contributed by atoms with E-state index in [2.05, 4.69) is 10.6 Å². The number of carbonyl (C=O) groups is 2. The van der Waals surface area contributed by atoms with Crippen molar-refractivity contribution in [2.24, 2.45) is 17.1 Å². The molecule has 34 heavy (non-hydrogen) atoms. The largest absolute Gasteiger partial charge is 0.326 e. The molecule has 0 spiro atoms. The van der Waals surface area contributed by atoms with Gasteiger partial charge in [0.2, 0.25) is 5.91 Å². The summed E-state index contributed by atoms with van der Waals surface area (Å²) < 4.78 is 28.4. The van der Waals surface area contributed by atoms with Crippen molar-refractivity contribution in [3.05, 3.63) is 65.2 Å². The van der Waals surface area contributed by atoms with Gasteiger partial charge < -0.3 is 21.3 Å². The van der Waals surface area contributed by atoms with Crippen LogP contribution >= 0.6 is 12.4 Å². The number of nitrogens with one attached hydrogen (secondary N) is 2. The highest BCUT2D eigenvalue weighted by atomic mass is 35.5. The van der Waals surface area contributed by atoms with Crippen molar-refractivity contribution in [3.63, 3.8) is 0 Å². The summed E-state index contributed by atoms with van der Waals surface area (Å²) in [6.45, 7) is 7.92. The molecule has 0 bridgehead atoms. The van der Waals surface area contributed by atoms with E-state index in [1.807, 2.05) is 39.8 Å². The van der Waals surface area contributed by atoms with Crippen LogP contribution in [0.1, 0.15) is 44.9 Å². The summed E-state index contributed by atoms with van der Waals surface area (Å²) in [5, 5.41) is 5.46. The summed E-state index contributed by atoms with van der Waals surface area (Å²) in [6.07, 6.45) is 0. The van der Waals surface area contributed by atoms with Crippen molar-refractivity contribution in [3.8, 4) is 0 Å². The molecule has 4 N–H and O–H groups in total. The van der Waals surface area contributed by atoms with Crippen LogP contribution in [0.4, 0.5) is 14.5 Å². The number of nitrogens with two attached hydrogens (primary N) is 1. The number of hydrogen-bond acceptors (Lipinski definition) is 4. The average molecular weight is 495 g/mol. The number of hydrogen-bond donors (Lipinski definition) is 3. The molecule has 0 saturated carbocycles. The highest BCUT2D eigenvalue weighted by molar-refractivity contribution is 5.99. The Hall–Kier alpha value is -2.55. The number of likely N-dealkylation sites (N-methyl/N-ethyl adjacent to an activating group) is 1. The molecule has 0 radical (unpaired) electrons. The molecule has 2 aromatic rings. The first-order chi connectivity index (χ1) is 15.5. The lowest BCUT2D eigenvalue weighted by Gasteiger charge is -2.40. The van der Waals surface area contributed by atoms with E-state index in [9.17, 15) is 18.4 Å². The Morgan fingerprint density at radius 2 is 1.68 bits per heavy atom. The van der Waals surface area contributed by atoms with Crippen LogP contribution in [-0.4, -0.2) is 35.8 Å². The number of amides is 2. The minimum atomic E-state index is -1.03. The molecule has 0 aliphatic carbocycles. The molecule has 186 valence electrons. The van der Waals surface area contributed by atoms with Crippen molar-refractivity contribution in [2.45, 2.75) is 52.4 Å². The average Bonchev–Trinajstić information content (AvgIpc) is 3.14. The van der Waals surface area contributed by atoms with Crippen LogP contribution in [0.3, 0.4) is 0 Å². The molecule has 9 heteroatoms. The summed E-state index contributed by atoms with van der Waals surface area (Å²) in [4.78, 5) is 28.7. The minimum Gasteiger partial charge on any atom is -0.326 e. The molecule has 2 amide bonds. The normalized spacial score (nSPS) is 17.9. The van der Waals surface area contributed by atoms with Crippen LogP contribution in [-0.2, 0) is 16.1 Å². The minimum absolute atomic E-state index is 0. The first kappa shape index (κ1) is 27.7. The molecular weight excluding hydrogens is 462 g/mol. The fraction of sp³-hybridized carbons (Fsp3) is 0.440. The van der Waals surface area contributed by atoms with E-state index < -0.39 is 46.6 Å². The summed E-state index contributed by atoms with van der Waals surface area (Å²) in [6, 6.07) is 8.86. The Kier molecular flexibility index (Phi) is 8.80. The summed E-state index contributed by atoms with van der Waals surface area (Å²) in [5.41, 5.74) is 6.92. The van der Waals surface area contributed by atoms with Gasteiger partial charge in [0.25, 0.3) is 5.91 Å². The van der Waals surface area contributed by atoms with Gasteiger partial charge in [0.15, 0.2) is 0 Å². The molecular formula is C25H33ClF2N4O2. The Morgan fingerprint density at radius 3 is 2.24 bits per heavy atom.